The predicted molar refractivity (Wildman–Crippen MR) is 89.6 cm³/mol. The molecule has 0 aliphatic heterocycles. The number of aromatic nitrogens is 2. The summed E-state index contributed by atoms with van der Waals surface area (Å²) in [5.41, 5.74) is 0.706. The van der Waals surface area contributed by atoms with Crippen molar-refractivity contribution in [2.75, 3.05) is 32.3 Å². The molecule has 0 aliphatic carbocycles. The maximum absolute atomic E-state index is 13.7. The molecule has 0 atom stereocenters. The summed E-state index contributed by atoms with van der Waals surface area (Å²) < 4.78 is 19.3. The zero-order chi connectivity index (χ0) is 16.8. The highest BCUT2D eigenvalue weighted by Gasteiger charge is 2.13. The van der Waals surface area contributed by atoms with Crippen LogP contribution >= 0.6 is 23.1 Å². The fourth-order valence-electron chi connectivity index (χ4n) is 1.77. The molecule has 23 heavy (non-hydrogen) atoms. The number of nitrogens with one attached hydrogen (secondary N) is 1. The summed E-state index contributed by atoms with van der Waals surface area (Å²) in [6.45, 7) is 0.332. The van der Waals surface area contributed by atoms with Crippen LogP contribution in [0.2, 0.25) is 0 Å². The van der Waals surface area contributed by atoms with E-state index in [1.165, 1.54) is 36.3 Å². The van der Waals surface area contributed by atoms with Crippen molar-refractivity contribution in [2.24, 2.45) is 0 Å². The van der Waals surface area contributed by atoms with Gasteiger partial charge in [-0.2, -0.15) is 0 Å². The first-order valence-electron chi connectivity index (χ1n) is 6.74. The maximum Gasteiger partial charge on any atom is 0.233 e. The number of hydrogen-bond donors (Lipinski definition) is 1. The number of nitrogens with zero attached hydrogens (tertiary/aromatic N) is 3. The third-order valence-electron chi connectivity index (χ3n) is 3.00. The number of anilines is 1. The van der Waals surface area contributed by atoms with E-state index in [-0.39, 0.29) is 17.4 Å². The van der Waals surface area contributed by atoms with Crippen LogP contribution in [0.5, 0.6) is 5.75 Å². The Labute approximate surface area is 142 Å². The molecule has 1 aromatic carbocycles. The molecule has 0 aliphatic rings. The van der Waals surface area contributed by atoms with Gasteiger partial charge in [-0.1, -0.05) is 29.2 Å². The third-order valence-corrected chi connectivity index (χ3v) is 5.06. The van der Waals surface area contributed by atoms with Crippen LogP contribution in [0.1, 0.15) is 5.56 Å². The highest BCUT2D eigenvalue weighted by molar-refractivity contribution is 8.01. The van der Waals surface area contributed by atoms with E-state index in [4.69, 9.17) is 4.74 Å². The molecule has 0 spiro atoms. The Morgan fingerprint density at radius 1 is 1.48 bits per heavy atom. The summed E-state index contributed by atoms with van der Waals surface area (Å²) >= 11 is 2.72. The summed E-state index contributed by atoms with van der Waals surface area (Å²) in [6, 6.07) is 4.67. The van der Waals surface area contributed by atoms with Crippen molar-refractivity contribution < 1.29 is 13.9 Å². The van der Waals surface area contributed by atoms with Crippen molar-refractivity contribution in [1.82, 2.24) is 15.1 Å². The van der Waals surface area contributed by atoms with E-state index in [9.17, 15) is 9.18 Å². The van der Waals surface area contributed by atoms with E-state index in [0.29, 0.717) is 17.2 Å². The van der Waals surface area contributed by atoms with Gasteiger partial charge in [-0.05, 0) is 17.7 Å². The lowest BCUT2D eigenvalue weighted by Crippen LogP contribution is -2.27. The minimum atomic E-state index is -0.436. The number of benzene rings is 1. The van der Waals surface area contributed by atoms with Crippen molar-refractivity contribution in [2.45, 2.75) is 10.9 Å². The van der Waals surface area contributed by atoms with Crippen molar-refractivity contribution in [1.29, 1.82) is 0 Å². The number of amides is 1. The number of carbonyl (C=O) groups excluding carboxylic acids is 1. The molecule has 0 radical (unpaired) electrons. The second-order valence-electron chi connectivity index (χ2n) is 4.63. The molecular formula is C14H17FN4O2S2. The zero-order valence-electron chi connectivity index (χ0n) is 13.0. The van der Waals surface area contributed by atoms with Gasteiger partial charge in [-0.3, -0.25) is 4.79 Å². The van der Waals surface area contributed by atoms with Crippen LogP contribution in [0.4, 0.5) is 9.52 Å². The van der Waals surface area contributed by atoms with Gasteiger partial charge in [-0.25, -0.2) is 4.39 Å². The number of carbonyl (C=O) groups is 1. The molecule has 2 rings (SSSR count). The Morgan fingerprint density at radius 2 is 2.26 bits per heavy atom. The molecule has 0 unspecified atom stereocenters. The third kappa shape index (κ3) is 4.80. The van der Waals surface area contributed by atoms with E-state index < -0.39 is 5.82 Å². The summed E-state index contributed by atoms with van der Waals surface area (Å²) in [5.74, 6) is -0.0518. The molecule has 0 saturated heterocycles. The summed E-state index contributed by atoms with van der Waals surface area (Å²) in [6.07, 6.45) is 0. The highest BCUT2D eigenvalue weighted by atomic mass is 32.2. The van der Waals surface area contributed by atoms with Gasteiger partial charge in [0.1, 0.15) is 0 Å². The van der Waals surface area contributed by atoms with Crippen LogP contribution in [-0.4, -0.2) is 48.0 Å². The monoisotopic (exact) mass is 356 g/mol. The molecule has 0 bridgehead atoms. The Morgan fingerprint density at radius 3 is 2.87 bits per heavy atom. The fraction of sp³-hybridized carbons (Fsp3) is 0.357. The highest BCUT2D eigenvalue weighted by Crippen LogP contribution is 2.25. The second kappa shape index (κ2) is 8.11. The molecule has 1 amide bonds. The molecule has 124 valence electrons. The van der Waals surface area contributed by atoms with E-state index in [1.807, 2.05) is 0 Å². The molecular weight excluding hydrogens is 339 g/mol. The van der Waals surface area contributed by atoms with Crippen LogP contribution < -0.4 is 10.1 Å². The van der Waals surface area contributed by atoms with Gasteiger partial charge in [0.25, 0.3) is 0 Å². The van der Waals surface area contributed by atoms with Gasteiger partial charge in [-0.15, -0.1) is 10.2 Å². The quantitative estimate of drug-likeness (QED) is 0.769. The normalized spacial score (nSPS) is 10.4. The van der Waals surface area contributed by atoms with Crippen molar-refractivity contribution in [3.63, 3.8) is 0 Å². The van der Waals surface area contributed by atoms with Crippen molar-refractivity contribution >= 4 is 34.1 Å². The topological polar surface area (TPSA) is 67.4 Å². The molecule has 6 nitrogen and oxygen atoms in total. The molecule has 9 heteroatoms. The predicted octanol–water partition coefficient (Wildman–Crippen LogP) is 2.48. The molecule has 1 aromatic heterocycles. The molecule has 1 N–H and O–H groups in total. The lowest BCUT2D eigenvalue weighted by molar-refractivity contribution is -0.127. The second-order valence-corrected chi connectivity index (χ2v) is 6.83. The van der Waals surface area contributed by atoms with Crippen molar-refractivity contribution in [3.05, 3.63) is 29.6 Å². The molecule has 2 aromatic rings. The van der Waals surface area contributed by atoms with E-state index in [0.717, 1.165) is 4.34 Å². The minimum Gasteiger partial charge on any atom is -0.494 e. The van der Waals surface area contributed by atoms with Gasteiger partial charge in [0.05, 0.1) is 12.9 Å². The summed E-state index contributed by atoms with van der Waals surface area (Å²) in [5, 5.41) is 11.5. The van der Waals surface area contributed by atoms with Gasteiger partial charge in [0.2, 0.25) is 11.0 Å². The minimum absolute atomic E-state index is 0.0626. The van der Waals surface area contributed by atoms with Crippen LogP contribution in [0.15, 0.2) is 22.5 Å². The number of hydrogen-bond acceptors (Lipinski definition) is 7. The van der Waals surface area contributed by atoms with Gasteiger partial charge < -0.3 is 15.0 Å². The first-order chi connectivity index (χ1) is 11.0. The lowest BCUT2D eigenvalue weighted by atomic mass is 10.2. The summed E-state index contributed by atoms with van der Waals surface area (Å²) in [7, 11) is 4.87. The molecule has 0 fully saturated rings. The van der Waals surface area contributed by atoms with Crippen molar-refractivity contribution in [3.8, 4) is 5.75 Å². The average molecular weight is 356 g/mol. The Bertz CT molecular complexity index is 681. The Balaban J connectivity index is 1.88. The number of ether oxygens (including phenoxy) is 1. The largest absolute Gasteiger partial charge is 0.494 e. The first-order valence-corrected chi connectivity index (χ1v) is 8.54. The van der Waals surface area contributed by atoms with E-state index >= 15 is 0 Å². The van der Waals surface area contributed by atoms with Crippen LogP contribution in [-0.2, 0) is 11.3 Å². The van der Waals surface area contributed by atoms with Crippen LogP contribution in [0.3, 0.4) is 0 Å². The molecule has 1 heterocycles. The number of methoxy groups -OCH3 is 1. The van der Waals surface area contributed by atoms with Crippen LogP contribution in [0.25, 0.3) is 0 Å². The lowest BCUT2D eigenvalue weighted by Gasteiger charge is -2.17. The Hall–Kier alpha value is -1.87. The van der Waals surface area contributed by atoms with E-state index in [1.54, 1.807) is 31.1 Å². The summed E-state index contributed by atoms with van der Waals surface area (Å²) in [4.78, 5) is 13.7. The maximum atomic E-state index is 13.7. The first kappa shape index (κ1) is 17.5. The van der Waals surface area contributed by atoms with Gasteiger partial charge in [0, 0.05) is 20.6 Å². The SMILES string of the molecule is CNc1nnc(SCC(=O)N(C)Cc2ccc(OC)c(F)c2)s1. The standard InChI is InChI=1S/C14H17FN4O2S2/c1-16-13-17-18-14(23-13)22-8-12(20)19(2)7-9-4-5-11(21-3)10(15)6-9/h4-6H,7-8H2,1-3H3,(H,16,17). The smallest absolute Gasteiger partial charge is 0.233 e. The molecule has 0 saturated carbocycles. The number of thioether (sulfide) groups is 1. The van der Waals surface area contributed by atoms with E-state index in [2.05, 4.69) is 15.5 Å². The zero-order valence-corrected chi connectivity index (χ0v) is 14.6. The fourth-order valence-corrected chi connectivity index (χ4v) is 3.42. The average Bonchev–Trinajstić information content (AvgIpc) is 3.00. The number of halogens is 1. The van der Waals surface area contributed by atoms with Crippen LogP contribution in [0, 0.1) is 5.82 Å². The van der Waals surface area contributed by atoms with Gasteiger partial charge >= 0.3 is 0 Å². The Kier molecular flexibility index (Phi) is 6.17. The number of rotatable bonds is 7. The van der Waals surface area contributed by atoms with Gasteiger partial charge in [0.15, 0.2) is 15.9 Å².